The third-order valence-corrected chi connectivity index (χ3v) is 4.76. The number of amides is 1. The van der Waals surface area contributed by atoms with Crippen LogP contribution in [-0.2, 0) is 4.79 Å². The smallest absolute Gasteiger partial charge is 0.252 e. The van der Waals surface area contributed by atoms with Gasteiger partial charge in [-0.25, -0.2) is 0 Å². The summed E-state index contributed by atoms with van der Waals surface area (Å²) in [5.74, 6) is 0.818. The van der Waals surface area contributed by atoms with Gasteiger partial charge in [0.05, 0.1) is 18.2 Å². The van der Waals surface area contributed by atoms with Crippen LogP contribution in [0.2, 0.25) is 0 Å². The number of hydrogen-bond acceptors (Lipinski definition) is 2. The minimum absolute atomic E-state index is 0.0499. The number of carbonyl (C=O) groups excluding carboxylic acids is 1. The number of carbonyl (C=O) groups is 1. The highest BCUT2D eigenvalue weighted by Gasteiger charge is 2.43. The minimum atomic E-state index is -0.106. The maximum absolute atomic E-state index is 12.5. The van der Waals surface area contributed by atoms with Gasteiger partial charge >= 0.3 is 0 Å². The van der Waals surface area contributed by atoms with E-state index in [1.807, 2.05) is 24.3 Å². The number of nitrogens with one attached hydrogen (secondary N) is 1. The van der Waals surface area contributed by atoms with E-state index in [9.17, 15) is 4.79 Å². The molecule has 1 spiro atoms. The van der Waals surface area contributed by atoms with Crippen molar-refractivity contribution in [2.45, 2.75) is 44.6 Å². The van der Waals surface area contributed by atoms with Crippen LogP contribution < -0.4 is 10.1 Å². The first kappa shape index (κ1) is 13.2. The lowest BCUT2D eigenvalue weighted by molar-refractivity contribution is -0.116. The van der Waals surface area contributed by atoms with Gasteiger partial charge in [0.25, 0.3) is 5.91 Å². The van der Waals surface area contributed by atoms with Crippen molar-refractivity contribution in [3.8, 4) is 5.75 Å². The highest BCUT2D eigenvalue weighted by Crippen LogP contribution is 2.43. The highest BCUT2D eigenvalue weighted by atomic mass is 16.5. The van der Waals surface area contributed by atoms with Gasteiger partial charge in [-0.15, -0.1) is 0 Å². The van der Waals surface area contributed by atoms with E-state index in [1.54, 1.807) is 7.11 Å². The molecule has 0 bridgehead atoms. The Morgan fingerprint density at radius 2 is 1.85 bits per heavy atom. The highest BCUT2D eigenvalue weighted by molar-refractivity contribution is 6.24. The quantitative estimate of drug-likeness (QED) is 0.896. The summed E-state index contributed by atoms with van der Waals surface area (Å²) >= 11 is 0. The van der Waals surface area contributed by atoms with Crippen LogP contribution in [-0.4, -0.2) is 18.6 Å². The lowest BCUT2D eigenvalue weighted by Gasteiger charge is -2.35. The van der Waals surface area contributed by atoms with Gasteiger partial charge < -0.3 is 10.1 Å². The first-order valence-corrected chi connectivity index (χ1v) is 7.35. The van der Waals surface area contributed by atoms with Crippen LogP contribution in [0, 0.1) is 0 Å². The first-order valence-electron chi connectivity index (χ1n) is 7.35. The predicted molar refractivity (Wildman–Crippen MR) is 79.5 cm³/mol. The van der Waals surface area contributed by atoms with E-state index >= 15 is 0 Å². The van der Waals surface area contributed by atoms with Crippen LogP contribution >= 0.6 is 0 Å². The molecule has 1 aliphatic carbocycles. The molecule has 3 nitrogen and oxygen atoms in total. The Morgan fingerprint density at radius 3 is 2.55 bits per heavy atom. The van der Waals surface area contributed by atoms with Gasteiger partial charge in [0, 0.05) is 5.56 Å². The van der Waals surface area contributed by atoms with Gasteiger partial charge in [-0.3, -0.25) is 4.79 Å². The Labute approximate surface area is 120 Å². The minimum Gasteiger partial charge on any atom is -0.496 e. The molecule has 0 aromatic heterocycles. The van der Waals surface area contributed by atoms with Crippen molar-refractivity contribution < 1.29 is 9.53 Å². The molecule has 20 heavy (non-hydrogen) atoms. The van der Waals surface area contributed by atoms with E-state index in [-0.39, 0.29) is 11.4 Å². The third-order valence-electron chi connectivity index (χ3n) is 4.76. The molecular weight excluding hydrogens is 250 g/mol. The predicted octanol–water partition coefficient (Wildman–Crippen LogP) is 3.30. The molecule has 0 atom stereocenters. The van der Waals surface area contributed by atoms with Crippen molar-refractivity contribution in [2.75, 3.05) is 7.11 Å². The summed E-state index contributed by atoms with van der Waals surface area (Å²) in [6.45, 7) is 2.10. The van der Waals surface area contributed by atoms with Crippen molar-refractivity contribution in [1.82, 2.24) is 5.32 Å². The molecule has 1 amide bonds. The molecule has 1 saturated carbocycles. The standard InChI is InChI=1S/C17H21NO2/c1-12-15(13-8-4-5-9-14(13)20-2)16(19)18-17(12)10-6-3-7-11-17/h4-5,8-9H,3,6-7,10-11H2,1-2H3,(H,18,19). The third kappa shape index (κ3) is 1.92. The van der Waals surface area contributed by atoms with Crippen molar-refractivity contribution >= 4 is 11.5 Å². The van der Waals surface area contributed by atoms with E-state index in [2.05, 4.69) is 12.2 Å². The topological polar surface area (TPSA) is 38.3 Å². The largest absolute Gasteiger partial charge is 0.496 e. The Balaban J connectivity index is 2.09. The van der Waals surface area contributed by atoms with E-state index in [0.29, 0.717) is 0 Å². The normalized spacial score (nSPS) is 21.2. The summed E-state index contributed by atoms with van der Waals surface area (Å²) < 4.78 is 5.42. The van der Waals surface area contributed by atoms with Gasteiger partial charge in [-0.2, -0.15) is 0 Å². The lowest BCUT2D eigenvalue weighted by Crippen LogP contribution is -2.45. The van der Waals surface area contributed by atoms with E-state index in [0.717, 1.165) is 29.7 Å². The molecule has 1 N–H and O–H groups in total. The number of benzene rings is 1. The maximum atomic E-state index is 12.5. The number of rotatable bonds is 2. The van der Waals surface area contributed by atoms with Crippen molar-refractivity contribution in [2.24, 2.45) is 0 Å². The zero-order valence-electron chi connectivity index (χ0n) is 12.2. The van der Waals surface area contributed by atoms with E-state index < -0.39 is 0 Å². The van der Waals surface area contributed by atoms with E-state index in [4.69, 9.17) is 4.74 Å². The summed E-state index contributed by atoms with van der Waals surface area (Å²) in [5.41, 5.74) is 2.80. The monoisotopic (exact) mass is 271 g/mol. The van der Waals surface area contributed by atoms with Crippen LogP contribution in [0.1, 0.15) is 44.6 Å². The van der Waals surface area contributed by atoms with Gasteiger partial charge in [-0.1, -0.05) is 37.5 Å². The number of hydrogen-bond donors (Lipinski definition) is 1. The average molecular weight is 271 g/mol. The first-order chi connectivity index (χ1) is 9.68. The van der Waals surface area contributed by atoms with Gasteiger partial charge in [0.1, 0.15) is 5.75 Å². The molecule has 3 rings (SSSR count). The molecule has 0 unspecified atom stereocenters. The summed E-state index contributed by atoms with van der Waals surface area (Å²) in [6.07, 6.45) is 5.77. The van der Waals surface area contributed by atoms with Crippen molar-refractivity contribution in [3.05, 3.63) is 35.4 Å². The van der Waals surface area contributed by atoms with Crippen LogP contribution in [0.5, 0.6) is 5.75 Å². The Bertz CT molecular complexity index is 568. The Morgan fingerprint density at radius 1 is 1.15 bits per heavy atom. The fourth-order valence-corrected chi connectivity index (χ4v) is 3.61. The maximum Gasteiger partial charge on any atom is 0.252 e. The molecule has 3 heteroatoms. The molecule has 0 saturated heterocycles. The average Bonchev–Trinajstić information content (AvgIpc) is 2.71. The zero-order chi connectivity index (χ0) is 14.2. The summed E-state index contributed by atoms with van der Waals surface area (Å²) in [4.78, 5) is 12.5. The van der Waals surface area contributed by atoms with Crippen molar-refractivity contribution in [1.29, 1.82) is 0 Å². The molecule has 1 heterocycles. The van der Waals surface area contributed by atoms with Gasteiger partial charge in [0.15, 0.2) is 0 Å². The fourth-order valence-electron chi connectivity index (χ4n) is 3.61. The summed E-state index contributed by atoms with van der Waals surface area (Å²) in [7, 11) is 1.65. The molecule has 1 aliphatic heterocycles. The van der Waals surface area contributed by atoms with Crippen molar-refractivity contribution in [3.63, 3.8) is 0 Å². The second-order valence-electron chi connectivity index (χ2n) is 5.80. The molecule has 1 aromatic carbocycles. The number of para-hydroxylation sites is 1. The Kier molecular flexibility index (Phi) is 3.28. The number of methoxy groups -OCH3 is 1. The van der Waals surface area contributed by atoms with E-state index in [1.165, 1.54) is 24.8 Å². The van der Waals surface area contributed by atoms with Crippen LogP contribution in [0.4, 0.5) is 0 Å². The molecule has 106 valence electrons. The van der Waals surface area contributed by atoms with Crippen LogP contribution in [0.25, 0.3) is 5.57 Å². The van der Waals surface area contributed by atoms with Gasteiger partial charge in [0.2, 0.25) is 0 Å². The summed E-state index contributed by atoms with van der Waals surface area (Å²) in [6, 6.07) is 7.77. The second kappa shape index (κ2) is 4.97. The molecular formula is C17H21NO2. The SMILES string of the molecule is COc1ccccc1C1=C(C)C2(CCCCC2)NC1=O. The molecule has 1 fully saturated rings. The molecule has 1 aromatic rings. The molecule has 0 radical (unpaired) electrons. The Hall–Kier alpha value is -1.77. The van der Waals surface area contributed by atoms with Crippen LogP contribution in [0.15, 0.2) is 29.8 Å². The lowest BCUT2D eigenvalue weighted by atomic mass is 9.77. The van der Waals surface area contributed by atoms with Crippen LogP contribution in [0.3, 0.4) is 0 Å². The van der Waals surface area contributed by atoms with Gasteiger partial charge in [-0.05, 0) is 31.4 Å². The molecule has 2 aliphatic rings. The fraction of sp³-hybridized carbons (Fsp3) is 0.471. The summed E-state index contributed by atoms with van der Waals surface area (Å²) in [5, 5.41) is 3.25. The second-order valence-corrected chi connectivity index (χ2v) is 5.80. The zero-order valence-corrected chi connectivity index (χ0v) is 12.2. The number of ether oxygens (including phenoxy) is 1.